The number of hydrogen-bond donors (Lipinski definition) is 2. The van der Waals surface area contributed by atoms with Gasteiger partial charge in [-0.05, 0) is 36.8 Å². The second kappa shape index (κ2) is 7.09. The largest absolute Gasteiger partial charge is 0.365 e. The van der Waals surface area contributed by atoms with Crippen LogP contribution in [0.15, 0.2) is 54.6 Å². The number of thiophene rings is 1. The van der Waals surface area contributed by atoms with Gasteiger partial charge in [0.15, 0.2) is 0 Å². The van der Waals surface area contributed by atoms with Crippen LogP contribution in [0.2, 0.25) is 5.02 Å². The lowest BCUT2D eigenvalue weighted by Crippen LogP contribution is -2.17. The van der Waals surface area contributed by atoms with Crippen LogP contribution >= 0.6 is 22.9 Å². The number of benzene rings is 2. The normalized spacial score (nSPS) is 10.5. The third kappa shape index (κ3) is 3.57. The first kappa shape index (κ1) is 17.2. The topological polar surface area (TPSA) is 72.2 Å². The van der Waals surface area contributed by atoms with Crippen molar-refractivity contribution in [1.82, 2.24) is 0 Å². The van der Waals surface area contributed by atoms with E-state index < -0.39 is 5.91 Å². The van der Waals surface area contributed by atoms with Crippen LogP contribution in [0.5, 0.6) is 0 Å². The quantitative estimate of drug-likeness (QED) is 0.696. The van der Waals surface area contributed by atoms with Crippen LogP contribution in [-0.2, 0) is 0 Å². The molecule has 1 aromatic heterocycles. The molecule has 3 rings (SSSR count). The van der Waals surface area contributed by atoms with E-state index in [0.29, 0.717) is 21.2 Å². The first-order chi connectivity index (χ1) is 12.0. The molecule has 4 nitrogen and oxygen atoms in total. The van der Waals surface area contributed by atoms with Crippen LogP contribution in [0.3, 0.4) is 0 Å². The number of hydrogen-bond acceptors (Lipinski definition) is 3. The van der Waals surface area contributed by atoms with Crippen LogP contribution in [0.4, 0.5) is 5.00 Å². The molecule has 0 spiro atoms. The summed E-state index contributed by atoms with van der Waals surface area (Å²) in [4.78, 5) is 25.4. The number of primary amides is 1. The summed E-state index contributed by atoms with van der Waals surface area (Å²) >= 11 is 7.18. The molecule has 2 amide bonds. The van der Waals surface area contributed by atoms with Gasteiger partial charge in [-0.25, -0.2) is 0 Å². The number of nitrogens with two attached hydrogens (primary N) is 1. The summed E-state index contributed by atoms with van der Waals surface area (Å²) in [6.07, 6.45) is 0. The van der Waals surface area contributed by atoms with E-state index in [0.717, 1.165) is 16.0 Å². The smallest absolute Gasteiger partial charge is 0.256 e. The number of halogens is 1. The lowest BCUT2D eigenvalue weighted by Gasteiger charge is -2.07. The molecular weight excluding hydrogens is 356 g/mol. The Morgan fingerprint density at radius 3 is 2.28 bits per heavy atom. The van der Waals surface area contributed by atoms with Crippen molar-refractivity contribution in [3.05, 3.63) is 75.6 Å². The van der Waals surface area contributed by atoms with Crippen LogP contribution < -0.4 is 11.1 Å². The fraction of sp³-hybridized carbons (Fsp3) is 0.0526. The zero-order valence-corrected chi connectivity index (χ0v) is 14.9. The van der Waals surface area contributed by atoms with Crippen LogP contribution in [0, 0.1) is 6.92 Å². The van der Waals surface area contributed by atoms with E-state index in [-0.39, 0.29) is 5.91 Å². The standard InChI is InChI=1S/C19H15ClN2O2S/c1-11-15(12-5-3-2-4-6-12)16(17(21)23)19(25-11)22-18(24)13-7-9-14(20)10-8-13/h2-10H,1H3,(H2,21,23)(H,22,24). The summed E-state index contributed by atoms with van der Waals surface area (Å²) in [6.45, 7) is 1.90. The Bertz CT molecular complexity index is 934. The first-order valence-corrected chi connectivity index (χ1v) is 8.72. The number of carbonyl (C=O) groups is 2. The lowest BCUT2D eigenvalue weighted by molar-refractivity contribution is 0.100. The molecule has 0 aliphatic rings. The zero-order chi connectivity index (χ0) is 18.0. The second-order valence-electron chi connectivity index (χ2n) is 5.43. The molecule has 0 bridgehead atoms. The predicted octanol–water partition coefficient (Wildman–Crippen LogP) is 4.73. The minimum absolute atomic E-state index is 0.319. The van der Waals surface area contributed by atoms with Crippen LogP contribution in [-0.4, -0.2) is 11.8 Å². The minimum atomic E-state index is -0.574. The number of rotatable bonds is 4. The average Bonchev–Trinajstić information content (AvgIpc) is 2.92. The number of amides is 2. The van der Waals surface area contributed by atoms with E-state index in [1.54, 1.807) is 24.3 Å². The van der Waals surface area contributed by atoms with Gasteiger partial charge >= 0.3 is 0 Å². The zero-order valence-electron chi connectivity index (χ0n) is 13.4. The summed E-state index contributed by atoms with van der Waals surface area (Å²) in [5.41, 5.74) is 8.02. The number of carbonyl (C=O) groups excluding carboxylic acids is 2. The summed E-state index contributed by atoms with van der Waals surface area (Å²) < 4.78 is 0. The van der Waals surface area contributed by atoms with Crippen molar-refractivity contribution in [2.45, 2.75) is 6.92 Å². The molecular formula is C19H15ClN2O2S. The van der Waals surface area contributed by atoms with E-state index in [2.05, 4.69) is 5.32 Å². The van der Waals surface area contributed by atoms with Gasteiger partial charge in [-0.2, -0.15) is 0 Å². The Morgan fingerprint density at radius 2 is 1.68 bits per heavy atom. The van der Waals surface area contributed by atoms with Crippen LogP contribution in [0.1, 0.15) is 25.6 Å². The Balaban J connectivity index is 2.01. The van der Waals surface area contributed by atoms with Gasteiger partial charge in [-0.15, -0.1) is 11.3 Å². The highest BCUT2D eigenvalue weighted by atomic mass is 35.5. The molecule has 0 unspecified atom stereocenters. The van der Waals surface area contributed by atoms with Gasteiger partial charge in [0.1, 0.15) is 5.00 Å². The van der Waals surface area contributed by atoms with Crippen molar-refractivity contribution >= 4 is 39.8 Å². The minimum Gasteiger partial charge on any atom is -0.365 e. The van der Waals surface area contributed by atoms with Gasteiger partial charge in [0.2, 0.25) is 0 Å². The molecule has 0 saturated carbocycles. The highest BCUT2D eigenvalue weighted by molar-refractivity contribution is 7.17. The van der Waals surface area contributed by atoms with Crippen molar-refractivity contribution in [3.63, 3.8) is 0 Å². The van der Waals surface area contributed by atoms with Crippen molar-refractivity contribution in [1.29, 1.82) is 0 Å². The van der Waals surface area contributed by atoms with E-state index in [1.165, 1.54) is 11.3 Å². The highest BCUT2D eigenvalue weighted by Gasteiger charge is 2.23. The van der Waals surface area contributed by atoms with E-state index >= 15 is 0 Å². The first-order valence-electron chi connectivity index (χ1n) is 7.53. The number of nitrogens with one attached hydrogen (secondary N) is 1. The van der Waals surface area contributed by atoms with Crippen LogP contribution in [0.25, 0.3) is 11.1 Å². The lowest BCUT2D eigenvalue weighted by atomic mass is 10.0. The molecule has 0 atom stereocenters. The molecule has 0 saturated heterocycles. The molecule has 2 aromatic carbocycles. The molecule has 6 heteroatoms. The molecule has 126 valence electrons. The van der Waals surface area contributed by atoms with Gasteiger partial charge in [0, 0.05) is 21.0 Å². The van der Waals surface area contributed by atoms with E-state index in [4.69, 9.17) is 17.3 Å². The van der Waals surface area contributed by atoms with Crippen molar-refractivity contribution in [3.8, 4) is 11.1 Å². The van der Waals surface area contributed by atoms with Crippen molar-refractivity contribution < 1.29 is 9.59 Å². The Hall–Kier alpha value is -2.63. The maximum absolute atomic E-state index is 12.5. The summed E-state index contributed by atoms with van der Waals surface area (Å²) in [7, 11) is 0. The van der Waals surface area contributed by atoms with E-state index in [1.807, 2.05) is 37.3 Å². The van der Waals surface area contributed by atoms with Crippen molar-refractivity contribution in [2.24, 2.45) is 5.73 Å². The third-order valence-electron chi connectivity index (χ3n) is 3.73. The molecule has 25 heavy (non-hydrogen) atoms. The number of anilines is 1. The molecule has 0 aliphatic heterocycles. The van der Waals surface area contributed by atoms with Gasteiger partial charge in [0.05, 0.1) is 5.56 Å². The second-order valence-corrected chi connectivity index (χ2v) is 7.09. The fourth-order valence-electron chi connectivity index (χ4n) is 2.60. The van der Waals surface area contributed by atoms with Crippen molar-refractivity contribution in [2.75, 3.05) is 5.32 Å². The Labute approximate surface area is 154 Å². The van der Waals surface area contributed by atoms with Gasteiger partial charge < -0.3 is 11.1 Å². The maximum Gasteiger partial charge on any atom is 0.256 e. The van der Waals surface area contributed by atoms with E-state index in [9.17, 15) is 9.59 Å². The monoisotopic (exact) mass is 370 g/mol. The molecule has 0 radical (unpaired) electrons. The highest BCUT2D eigenvalue weighted by Crippen LogP contribution is 2.39. The Kier molecular flexibility index (Phi) is 4.88. The molecule has 0 fully saturated rings. The predicted molar refractivity (Wildman–Crippen MR) is 102 cm³/mol. The summed E-state index contributed by atoms with van der Waals surface area (Å²) in [5, 5.41) is 3.79. The third-order valence-corrected chi connectivity index (χ3v) is 5.00. The number of aryl methyl sites for hydroxylation is 1. The fourth-order valence-corrected chi connectivity index (χ4v) is 3.80. The SMILES string of the molecule is Cc1sc(NC(=O)c2ccc(Cl)cc2)c(C(N)=O)c1-c1ccccc1. The average molecular weight is 371 g/mol. The molecule has 3 N–H and O–H groups in total. The van der Waals surface area contributed by atoms with Gasteiger partial charge in [-0.1, -0.05) is 41.9 Å². The molecule has 0 aliphatic carbocycles. The maximum atomic E-state index is 12.5. The summed E-state index contributed by atoms with van der Waals surface area (Å²) in [5.74, 6) is -0.894. The van der Waals surface area contributed by atoms with Gasteiger partial charge in [-0.3, -0.25) is 9.59 Å². The Morgan fingerprint density at radius 1 is 1.04 bits per heavy atom. The van der Waals surface area contributed by atoms with Gasteiger partial charge in [0.25, 0.3) is 11.8 Å². The summed E-state index contributed by atoms with van der Waals surface area (Å²) in [6, 6.07) is 16.0. The molecule has 1 heterocycles. The molecule has 3 aromatic rings.